The minimum atomic E-state index is -1.50. The number of aromatic carboxylic acids is 1. The van der Waals surface area contributed by atoms with Gasteiger partial charge < -0.3 is 10.4 Å². The normalized spacial score (nSPS) is 12.2. The number of aryl methyl sites for hydroxylation is 1. The number of halogens is 2. The summed E-state index contributed by atoms with van der Waals surface area (Å²) in [6, 6.07) is 1.95. The molecule has 112 valence electrons. The van der Waals surface area contributed by atoms with Crippen LogP contribution in [0.25, 0.3) is 0 Å². The predicted molar refractivity (Wildman–Crippen MR) is 76.8 cm³/mol. The molecule has 2 N–H and O–H groups in total. The Kier molecular flexibility index (Phi) is 4.52. The number of carboxylic acid groups (broad SMARTS) is 1. The highest BCUT2D eigenvalue weighted by molar-refractivity contribution is 7.11. The quantitative estimate of drug-likeness (QED) is 0.880. The fraction of sp³-hybridized carbons (Fsp3) is 0.286. The number of carboxylic acids is 1. The molecule has 0 bridgehead atoms. The van der Waals surface area contributed by atoms with Gasteiger partial charge in [-0.15, -0.1) is 11.3 Å². The zero-order valence-electron chi connectivity index (χ0n) is 11.5. The largest absolute Gasteiger partial charge is 0.478 e. The Morgan fingerprint density at radius 2 is 2.14 bits per heavy atom. The molecule has 0 radical (unpaired) electrons. The van der Waals surface area contributed by atoms with E-state index < -0.39 is 23.2 Å². The maximum absolute atomic E-state index is 13.9. The first kappa shape index (κ1) is 15.4. The van der Waals surface area contributed by atoms with E-state index in [4.69, 9.17) is 5.11 Å². The van der Waals surface area contributed by atoms with Gasteiger partial charge in [-0.05, 0) is 25.5 Å². The molecule has 7 heteroatoms. The van der Waals surface area contributed by atoms with E-state index in [0.717, 1.165) is 22.4 Å². The first-order valence-electron chi connectivity index (χ1n) is 6.36. The lowest BCUT2D eigenvalue weighted by atomic mass is 10.1. The number of carbonyl (C=O) groups is 1. The summed E-state index contributed by atoms with van der Waals surface area (Å²) in [6.45, 7) is 3.79. The number of thiazole rings is 1. The fourth-order valence-electron chi connectivity index (χ4n) is 1.81. The van der Waals surface area contributed by atoms with Crippen molar-refractivity contribution in [2.75, 3.05) is 5.32 Å². The van der Waals surface area contributed by atoms with E-state index in [0.29, 0.717) is 0 Å². The lowest BCUT2D eigenvalue weighted by Gasteiger charge is -2.14. The van der Waals surface area contributed by atoms with Crippen LogP contribution in [0.1, 0.15) is 40.1 Å². The lowest BCUT2D eigenvalue weighted by Crippen LogP contribution is -2.10. The summed E-state index contributed by atoms with van der Waals surface area (Å²) < 4.78 is 27.5. The van der Waals surface area contributed by atoms with Gasteiger partial charge in [0, 0.05) is 11.1 Å². The van der Waals surface area contributed by atoms with Crippen molar-refractivity contribution in [3.8, 4) is 0 Å². The van der Waals surface area contributed by atoms with Gasteiger partial charge in [0.2, 0.25) is 0 Å². The van der Waals surface area contributed by atoms with Gasteiger partial charge in [-0.25, -0.2) is 18.6 Å². The molecule has 0 spiro atoms. The van der Waals surface area contributed by atoms with Gasteiger partial charge in [-0.1, -0.05) is 6.92 Å². The molecular weight excluding hydrogens is 298 g/mol. The number of benzene rings is 1. The number of nitrogens with zero attached hydrogens (tertiary/aromatic N) is 1. The molecule has 0 aliphatic carbocycles. The average molecular weight is 312 g/mol. The Morgan fingerprint density at radius 1 is 1.43 bits per heavy atom. The lowest BCUT2D eigenvalue weighted by molar-refractivity contribution is 0.0690. The Labute approximate surface area is 124 Å². The molecule has 4 nitrogen and oxygen atoms in total. The standard InChI is InChI=1S/C14H14F2N2O2S/c1-3-8-6-17-13(21-8)7(2)18-10-5-4-9(14(19)20)11(15)12(10)16/h4-7,18H,3H2,1-2H3,(H,19,20). The maximum Gasteiger partial charge on any atom is 0.338 e. The molecule has 0 aliphatic rings. The highest BCUT2D eigenvalue weighted by Crippen LogP contribution is 2.27. The molecule has 2 aromatic rings. The van der Waals surface area contributed by atoms with Crippen LogP contribution in [0.5, 0.6) is 0 Å². The van der Waals surface area contributed by atoms with Gasteiger partial charge in [-0.3, -0.25) is 0 Å². The third kappa shape index (κ3) is 3.18. The molecule has 0 aliphatic heterocycles. The highest BCUT2D eigenvalue weighted by Gasteiger charge is 2.19. The van der Waals surface area contributed by atoms with Crippen molar-refractivity contribution in [1.29, 1.82) is 0 Å². The number of anilines is 1. The van der Waals surface area contributed by atoms with Crippen LogP contribution in [0.4, 0.5) is 14.5 Å². The fourth-order valence-corrected chi connectivity index (χ4v) is 2.67. The van der Waals surface area contributed by atoms with Gasteiger partial charge in [0.15, 0.2) is 11.6 Å². The highest BCUT2D eigenvalue weighted by atomic mass is 32.1. The maximum atomic E-state index is 13.9. The third-order valence-electron chi connectivity index (χ3n) is 2.98. The summed E-state index contributed by atoms with van der Waals surface area (Å²) >= 11 is 1.49. The third-order valence-corrected chi connectivity index (χ3v) is 4.30. The van der Waals surface area contributed by atoms with Crippen molar-refractivity contribution in [3.63, 3.8) is 0 Å². The first-order chi connectivity index (χ1) is 9.93. The number of nitrogens with one attached hydrogen (secondary N) is 1. The van der Waals surface area contributed by atoms with Crippen LogP contribution in [-0.2, 0) is 6.42 Å². The van der Waals surface area contributed by atoms with E-state index in [1.807, 2.05) is 6.92 Å². The number of hydrogen-bond donors (Lipinski definition) is 2. The van der Waals surface area contributed by atoms with Crippen LogP contribution < -0.4 is 5.32 Å². The second kappa shape index (κ2) is 6.17. The van der Waals surface area contributed by atoms with Gasteiger partial charge >= 0.3 is 5.97 Å². The van der Waals surface area contributed by atoms with E-state index in [2.05, 4.69) is 10.3 Å². The summed E-state index contributed by atoms with van der Waals surface area (Å²) in [5, 5.41) is 12.3. The van der Waals surface area contributed by atoms with Crippen LogP contribution in [0.3, 0.4) is 0 Å². The Hall–Kier alpha value is -2.02. The molecule has 2 rings (SSSR count). The summed E-state index contributed by atoms with van der Waals surface area (Å²) in [5.74, 6) is -4.07. The smallest absolute Gasteiger partial charge is 0.338 e. The van der Waals surface area contributed by atoms with Crippen LogP contribution in [0, 0.1) is 11.6 Å². The van der Waals surface area contributed by atoms with Crippen molar-refractivity contribution in [2.45, 2.75) is 26.3 Å². The van der Waals surface area contributed by atoms with Crippen molar-refractivity contribution in [1.82, 2.24) is 4.98 Å². The molecule has 1 unspecified atom stereocenters. The molecule has 1 atom stereocenters. The SMILES string of the molecule is CCc1cnc(C(C)Nc2ccc(C(=O)O)c(F)c2F)s1. The molecule has 0 fully saturated rings. The zero-order valence-corrected chi connectivity index (χ0v) is 12.3. The molecule has 1 aromatic carbocycles. The van der Waals surface area contributed by atoms with E-state index in [9.17, 15) is 13.6 Å². The summed E-state index contributed by atoms with van der Waals surface area (Å²) in [6.07, 6.45) is 2.61. The molecule has 0 saturated heterocycles. The van der Waals surface area contributed by atoms with Crippen molar-refractivity contribution in [3.05, 3.63) is 45.4 Å². The number of aromatic nitrogens is 1. The van der Waals surface area contributed by atoms with Crippen molar-refractivity contribution in [2.24, 2.45) is 0 Å². The van der Waals surface area contributed by atoms with E-state index in [1.54, 1.807) is 13.1 Å². The van der Waals surface area contributed by atoms with Crippen molar-refractivity contribution < 1.29 is 18.7 Å². The molecule has 0 saturated carbocycles. The molecule has 21 heavy (non-hydrogen) atoms. The number of hydrogen-bond acceptors (Lipinski definition) is 4. The van der Waals surface area contributed by atoms with Gasteiger partial charge in [0.05, 0.1) is 17.3 Å². The minimum Gasteiger partial charge on any atom is -0.478 e. The summed E-state index contributed by atoms with van der Waals surface area (Å²) in [5.41, 5.74) is -0.772. The van der Waals surface area contributed by atoms with Crippen LogP contribution >= 0.6 is 11.3 Å². The molecule has 0 amide bonds. The Morgan fingerprint density at radius 3 is 2.71 bits per heavy atom. The van der Waals surface area contributed by atoms with Crippen LogP contribution in [0.2, 0.25) is 0 Å². The minimum absolute atomic E-state index is 0.0850. The first-order valence-corrected chi connectivity index (χ1v) is 7.18. The average Bonchev–Trinajstić information content (AvgIpc) is 2.92. The van der Waals surface area contributed by atoms with Crippen LogP contribution in [-0.4, -0.2) is 16.1 Å². The van der Waals surface area contributed by atoms with E-state index in [-0.39, 0.29) is 11.7 Å². The summed E-state index contributed by atoms with van der Waals surface area (Å²) in [4.78, 5) is 16.1. The van der Waals surface area contributed by atoms with E-state index >= 15 is 0 Å². The van der Waals surface area contributed by atoms with Crippen molar-refractivity contribution >= 4 is 23.0 Å². The van der Waals surface area contributed by atoms with Gasteiger partial charge in [-0.2, -0.15) is 0 Å². The second-order valence-corrected chi connectivity index (χ2v) is 5.62. The van der Waals surface area contributed by atoms with Crippen LogP contribution in [0.15, 0.2) is 18.3 Å². The monoisotopic (exact) mass is 312 g/mol. The predicted octanol–water partition coefficient (Wildman–Crippen LogP) is 3.86. The molecular formula is C14H14F2N2O2S. The Bertz CT molecular complexity index is 673. The number of rotatable bonds is 5. The molecule has 1 heterocycles. The molecule has 1 aromatic heterocycles. The summed E-state index contributed by atoms with van der Waals surface area (Å²) in [7, 11) is 0. The van der Waals surface area contributed by atoms with E-state index in [1.165, 1.54) is 17.4 Å². The van der Waals surface area contributed by atoms with Gasteiger partial charge in [0.1, 0.15) is 5.01 Å². The Balaban J connectivity index is 2.23. The topological polar surface area (TPSA) is 62.2 Å². The van der Waals surface area contributed by atoms with Gasteiger partial charge in [0.25, 0.3) is 0 Å². The zero-order chi connectivity index (χ0) is 15.6. The second-order valence-electron chi connectivity index (χ2n) is 4.48.